The van der Waals surface area contributed by atoms with E-state index in [0.29, 0.717) is 0 Å². The third-order valence-electron chi connectivity index (χ3n) is 1.77. The largest absolute Gasteiger partial charge is 0.394 e. The molecule has 4 atom stereocenters. The van der Waals surface area contributed by atoms with Gasteiger partial charge in [-0.05, 0) is 11.6 Å². The number of aliphatic hydroxyl groups is 6. The summed E-state index contributed by atoms with van der Waals surface area (Å²) in [6, 6.07) is 0. The second-order valence-electron chi connectivity index (χ2n) is 3.13. The van der Waals surface area contributed by atoms with E-state index in [9.17, 15) is 15.0 Å². The van der Waals surface area contributed by atoms with E-state index in [1.807, 2.05) is 0 Å². The minimum atomic E-state index is -2.60. The Morgan fingerprint density at radius 1 is 1.16 bits per heavy atom. The van der Waals surface area contributed by atoms with Gasteiger partial charge in [-0.1, -0.05) is 11.6 Å². The maximum Gasteiger partial charge on any atom is 0.273 e. The van der Waals surface area contributed by atoms with Crippen molar-refractivity contribution in [3.05, 3.63) is 0 Å². The van der Waals surface area contributed by atoms with E-state index in [4.69, 9.17) is 55.5 Å². The summed E-state index contributed by atoms with van der Waals surface area (Å²) in [5, 5.41) is 47.3. The van der Waals surface area contributed by atoms with Crippen molar-refractivity contribution >= 4 is 40.3 Å². The summed E-state index contributed by atoms with van der Waals surface area (Å²) < 4.78 is 3.93. The first-order valence-corrected chi connectivity index (χ1v) is 5.84. The lowest BCUT2D eigenvalue weighted by Gasteiger charge is -2.30. The Morgan fingerprint density at radius 2 is 1.58 bits per heavy atom. The van der Waals surface area contributed by atoms with Crippen LogP contribution in [0.3, 0.4) is 0 Å². The molecule has 4 unspecified atom stereocenters. The van der Waals surface area contributed by atoms with Gasteiger partial charge in [-0.25, -0.2) is 4.29 Å². The van der Waals surface area contributed by atoms with E-state index in [0.717, 1.165) is 0 Å². The van der Waals surface area contributed by atoms with Gasteiger partial charge in [0.05, 0.1) is 31.7 Å². The van der Waals surface area contributed by atoms with E-state index < -0.39 is 35.2 Å². The van der Waals surface area contributed by atoms with Crippen LogP contribution in [0.1, 0.15) is 0 Å². The Morgan fingerprint density at radius 3 is 1.79 bits per heavy atom. The summed E-state index contributed by atoms with van der Waals surface area (Å²) in [5.74, 6) is 0. The van der Waals surface area contributed by atoms with Crippen molar-refractivity contribution in [1.82, 2.24) is 0 Å². The van der Waals surface area contributed by atoms with E-state index >= 15 is 0 Å². The Hall–Kier alpha value is 0.260. The molecule has 0 rings (SSSR count). The zero-order valence-electron chi connectivity index (χ0n) is 9.49. The van der Waals surface area contributed by atoms with Gasteiger partial charge in [0.1, 0.15) is 18.3 Å². The van der Waals surface area contributed by atoms with Crippen LogP contribution in [0.15, 0.2) is 0 Å². The van der Waals surface area contributed by atoms with Crippen LogP contribution < -0.4 is 0 Å². The lowest BCUT2D eigenvalue weighted by molar-refractivity contribution is -0.143. The fraction of sp³-hybridized carbons (Fsp3) is 0.875. The van der Waals surface area contributed by atoms with E-state index in [1.54, 1.807) is 0 Å². The second-order valence-corrected chi connectivity index (χ2v) is 4.19. The van der Waals surface area contributed by atoms with Crippen LogP contribution in [0.4, 0.5) is 0 Å². The van der Waals surface area contributed by atoms with Crippen molar-refractivity contribution in [3.8, 4) is 0 Å². The highest BCUT2D eigenvalue weighted by molar-refractivity contribution is 6.70. The molecular formula is C8H15Cl3O8. The molecule has 0 spiro atoms. The van der Waals surface area contributed by atoms with Crippen LogP contribution in [0.2, 0.25) is 0 Å². The first-order chi connectivity index (χ1) is 8.72. The Labute approximate surface area is 123 Å². The molecule has 0 aromatic heterocycles. The fourth-order valence-corrected chi connectivity index (χ4v) is 1.21. The Bertz CT molecular complexity index is 254. The molecule has 0 aliphatic heterocycles. The molecule has 0 radical (unpaired) electrons. The number of halogens is 3. The summed E-state index contributed by atoms with van der Waals surface area (Å²) in [6.45, 7) is -1.11. The predicted octanol–water partition coefficient (Wildman–Crippen LogP) is -2.10. The average Bonchev–Trinajstić information content (AvgIpc) is 2.43. The van der Waals surface area contributed by atoms with Gasteiger partial charge in [-0.3, -0.25) is 4.79 Å². The number of hydrogen-bond acceptors (Lipinski definition) is 8. The lowest BCUT2D eigenvalue weighted by atomic mass is 10.0. The molecule has 0 bridgehead atoms. The molecule has 116 valence electrons. The molecule has 0 aliphatic rings. The number of hydrogen-bond donors (Lipinski definition) is 6. The zero-order chi connectivity index (χ0) is 15.6. The summed E-state index contributed by atoms with van der Waals surface area (Å²) in [6.07, 6.45) is -5.78. The van der Waals surface area contributed by atoms with Crippen molar-refractivity contribution in [2.75, 3.05) is 19.8 Å². The topological polar surface area (TPSA) is 148 Å². The maximum atomic E-state index is 10.8. The maximum absolute atomic E-state index is 10.8. The molecule has 0 amide bonds. The fourth-order valence-electron chi connectivity index (χ4n) is 0.730. The van der Waals surface area contributed by atoms with Crippen LogP contribution in [-0.4, -0.2) is 79.1 Å². The van der Waals surface area contributed by atoms with Crippen molar-refractivity contribution < 1.29 is 39.7 Å². The standard InChI is InChI=1S/C6H9Cl3O6.C2H6O2/c7-5(14)6(8,15-9)4(13)3(12)2(11)1-10;3-1-2-4/h2-4,10-13H,1H2;3-4H,1-2H2. The van der Waals surface area contributed by atoms with E-state index in [2.05, 4.69) is 4.29 Å². The smallest absolute Gasteiger partial charge is 0.273 e. The molecule has 0 aromatic carbocycles. The van der Waals surface area contributed by atoms with Gasteiger partial charge >= 0.3 is 0 Å². The number of carbonyl (C=O) groups is 1. The van der Waals surface area contributed by atoms with Gasteiger partial charge < -0.3 is 30.6 Å². The molecule has 0 saturated carbocycles. The van der Waals surface area contributed by atoms with Gasteiger partial charge in [0.2, 0.25) is 0 Å². The minimum Gasteiger partial charge on any atom is -0.394 e. The third kappa shape index (κ3) is 7.00. The SMILES string of the molecule is O=C(Cl)C(Cl)(OCl)C(O)C(O)C(O)CO.OCCO. The van der Waals surface area contributed by atoms with Crippen LogP contribution in [-0.2, 0) is 9.08 Å². The van der Waals surface area contributed by atoms with Gasteiger partial charge in [-0.15, -0.1) is 0 Å². The van der Waals surface area contributed by atoms with Crippen LogP contribution in [0.5, 0.6) is 0 Å². The lowest BCUT2D eigenvalue weighted by Crippen LogP contribution is -2.54. The molecule has 0 heterocycles. The summed E-state index contributed by atoms with van der Waals surface area (Å²) in [5.41, 5.74) is 0. The highest BCUT2D eigenvalue weighted by atomic mass is 35.5. The molecule has 8 nitrogen and oxygen atoms in total. The second kappa shape index (κ2) is 11.0. The van der Waals surface area contributed by atoms with Crippen molar-refractivity contribution in [2.45, 2.75) is 23.4 Å². The number of carbonyl (C=O) groups excluding carboxylic acids is 1. The first-order valence-electron chi connectivity index (χ1n) is 4.78. The molecule has 19 heavy (non-hydrogen) atoms. The van der Waals surface area contributed by atoms with Gasteiger partial charge in [0.25, 0.3) is 10.3 Å². The first kappa shape index (κ1) is 21.6. The molecule has 6 N–H and O–H groups in total. The highest BCUT2D eigenvalue weighted by Crippen LogP contribution is 2.29. The van der Waals surface area contributed by atoms with Gasteiger partial charge in [0.15, 0.2) is 0 Å². The van der Waals surface area contributed by atoms with Crippen LogP contribution >= 0.6 is 35.1 Å². The summed E-state index contributed by atoms with van der Waals surface area (Å²) in [4.78, 5) is 10.8. The minimum absolute atomic E-state index is 0.125. The van der Waals surface area contributed by atoms with Crippen LogP contribution in [0, 0.1) is 0 Å². The van der Waals surface area contributed by atoms with Crippen molar-refractivity contribution in [3.63, 3.8) is 0 Å². The van der Waals surface area contributed by atoms with Gasteiger partial charge in [-0.2, -0.15) is 0 Å². The Kier molecular flexibility index (Phi) is 12.5. The normalized spacial score (nSPS) is 18.6. The molecule has 0 aromatic rings. The molecule has 11 heteroatoms. The molecule has 0 fully saturated rings. The van der Waals surface area contributed by atoms with E-state index in [1.165, 1.54) is 0 Å². The molecule has 0 saturated heterocycles. The van der Waals surface area contributed by atoms with E-state index in [-0.39, 0.29) is 13.2 Å². The summed E-state index contributed by atoms with van der Waals surface area (Å²) in [7, 11) is 0. The average molecular weight is 346 g/mol. The molecular weight excluding hydrogens is 330 g/mol. The quantitative estimate of drug-likeness (QED) is 0.227. The van der Waals surface area contributed by atoms with Gasteiger partial charge in [0, 0.05) is 0 Å². The number of aliphatic hydroxyl groups excluding tert-OH is 6. The highest BCUT2D eigenvalue weighted by Gasteiger charge is 2.49. The summed E-state index contributed by atoms with van der Waals surface area (Å²) >= 11 is 15.2. The molecule has 0 aliphatic carbocycles. The Balaban J connectivity index is 0. The van der Waals surface area contributed by atoms with Crippen molar-refractivity contribution in [2.24, 2.45) is 0 Å². The van der Waals surface area contributed by atoms with Crippen molar-refractivity contribution in [1.29, 1.82) is 0 Å². The monoisotopic (exact) mass is 344 g/mol. The predicted molar refractivity (Wildman–Crippen MR) is 65.7 cm³/mol. The third-order valence-corrected chi connectivity index (χ3v) is 2.94. The van der Waals surface area contributed by atoms with Crippen LogP contribution in [0.25, 0.3) is 0 Å². The number of rotatable bonds is 7. The number of alkyl halides is 1. The zero-order valence-corrected chi connectivity index (χ0v) is 11.8.